The third-order valence-electron chi connectivity index (χ3n) is 23.3. The van der Waals surface area contributed by atoms with Crippen LogP contribution in [0.15, 0.2) is 437 Å². The zero-order chi connectivity index (χ0) is 79.2. The zero-order valence-corrected chi connectivity index (χ0v) is 63.9. The Balaban J connectivity index is 0.000000111. The average molecular weight is 1530 g/mol. The number of furan rings is 2. The quantitative estimate of drug-likeness (QED) is 0.0839. The van der Waals surface area contributed by atoms with Crippen molar-refractivity contribution in [3.63, 3.8) is 0 Å². The number of para-hydroxylation sites is 6. The van der Waals surface area contributed by atoms with Crippen molar-refractivity contribution >= 4 is 141 Å². The normalized spacial score (nSPS) is 11.6. The fourth-order valence-corrected chi connectivity index (χ4v) is 17.7. The largest absolute Gasteiger partial charge is 0.455 e. The SMILES string of the molecule is O=c1oc2cc(-c3cc(-c4ccccc4)cc(-c4ccccc4)c3)ccc2c2ccc(-c3cccc4c3oc3ccccc34)cc12.O=c1oc2ccccc2c2ccc(-c3ccc(-c4c5ccccc5c(-c5ccc6ccccc6c5)c5ccccc45)cc3)cc12.O=c1oc2ccccc2c2ccc(-c3cccc4c3oc3ccccc34)cc12. The van der Waals surface area contributed by atoms with Gasteiger partial charge in [-0.05, 0) is 205 Å². The number of fused-ring (bicyclic) bond motifs is 18. The number of benzene rings is 19. The maximum absolute atomic E-state index is 13.5. The van der Waals surface area contributed by atoms with Crippen LogP contribution in [-0.2, 0) is 0 Å². The van der Waals surface area contributed by atoms with E-state index in [0.717, 1.165) is 149 Å². The Morgan fingerprint density at radius 3 is 0.916 bits per heavy atom. The molecule has 0 saturated carbocycles. The Morgan fingerprint density at radius 2 is 0.445 bits per heavy atom. The van der Waals surface area contributed by atoms with Crippen LogP contribution >= 0.6 is 0 Å². The van der Waals surface area contributed by atoms with E-state index >= 15 is 0 Å². The predicted octanol–water partition coefficient (Wildman–Crippen LogP) is 29.4. The maximum atomic E-state index is 13.5. The van der Waals surface area contributed by atoms with Crippen molar-refractivity contribution < 1.29 is 22.1 Å². The van der Waals surface area contributed by atoms with Crippen molar-refractivity contribution in [2.75, 3.05) is 0 Å². The summed E-state index contributed by atoms with van der Waals surface area (Å²) in [5, 5.41) is 18.8. The van der Waals surface area contributed by atoms with Crippen molar-refractivity contribution in [2.45, 2.75) is 0 Å². The molecule has 0 unspecified atom stereocenters. The van der Waals surface area contributed by atoms with E-state index in [4.69, 9.17) is 22.1 Å². The van der Waals surface area contributed by atoms with Crippen molar-refractivity contribution in [2.24, 2.45) is 0 Å². The van der Waals surface area contributed by atoms with Gasteiger partial charge in [-0.2, -0.15) is 0 Å². The summed E-state index contributed by atoms with van der Waals surface area (Å²) in [6.07, 6.45) is 0. The van der Waals surface area contributed by atoms with Gasteiger partial charge in [0, 0.05) is 48.8 Å². The van der Waals surface area contributed by atoms with Crippen LogP contribution in [0.1, 0.15) is 0 Å². The molecule has 8 heteroatoms. The first kappa shape index (κ1) is 69.7. The molecule has 119 heavy (non-hydrogen) atoms. The van der Waals surface area contributed by atoms with Crippen LogP contribution in [0.3, 0.4) is 0 Å². The van der Waals surface area contributed by atoms with Gasteiger partial charge in [-0.15, -0.1) is 0 Å². The van der Waals surface area contributed by atoms with E-state index in [9.17, 15) is 14.4 Å². The van der Waals surface area contributed by atoms with Crippen LogP contribution in [0.5, 0.6) is 0 Å². The third-order valence-corrected chi connectivity index (χ3v) is 23.3. The lowest BCUT2D eigenvalue weighted by molar-refractivity contribution is 0.569. The molecule has 0 bridgehead atoms. The van der Waals surface area contributed by atoms with E-state index in [1.807, 2.05) is 170 Å². The molecule has 5 aromatic heterocycles. The number of rotatable bonds is 8. The summed E-state index contributed by atoms with van der Waals surface area (Å²) in [6.45, 7) is 0. The summed E-state index contributed by atoms with van der Waals surface area (Å²) in [6, 6.07) is 137. The minimum absolute atomic E-state index is 0.313. The Bertz CT molecular complexity index is 8320. The second-order valence-electron chi connectivity index (χ2n) is 30.2. The van der Waals surface area contributed by atoms with Crippen LogP contribution < -0.4 is 16.9 Å². The van der Waals surface area contributed by atoms with Gasteiger partial charge in [-0.3, -0.25) is 0 Å². The second kappa shape index (κ2) is 28.8. The lowest BCUT2D eigenvalue weighted by atomic mass is 9.85. The van der Waals surface area contributed by atoms with E-state index in [-0.39, 0.29) is 16.9 Å². The smallest absolute Gasteiger partial charge is 0.344 e. The molecule has 0 amide bonds. The Labute approximate surface area is 679 Å². The Hall–Kier alpha value is -16.0. The van der Waals surface area contributed by atoms with Gasteiger partial charge >= 0.3 is 16.9 Å². The molecular formula is C111H66O8. The fraction of sp³-hybridized carbons (Fsp3) is 0. The van der Waals surface area contributed by atoms with Gasteiger partial charge in [0.05, 0.1) is 16.2 Å². The molecule has 558 valence electrons. The summed E-state index contributed by atoms with van der Waals surface area (Å²) in [5.74, 6) is 0. The molecule has 0 spiro atoms. The van der Waals surface area contributed by atoms with Crippen LogP contribution in [0.25, 0.3) is 230 Å². The van der Waals surface area contributed by atoms with E-state index in [1.54, 1.807) is 0 Å². The van der Waals surface area contributed by atoms with Crippen LogP contribution in [0.2, 0.25) is 0 Å². The summed E-state index contributed by atoms with van der Waals surface area (Å²) < 4.78 is 29.6. The molecule has 0 radical (unpaired) electrons. The molecule has 0 saturated heterocycles. The second-order valence-corrected chi connectivity index (χ2v) is 30.2. The summed E-state index contributed by atoms with van der Waals surface area (Å²) >= 11 is 0. The van der Waals surface area contributed by atoms with Gasteiger partial charge in [0.1, 0.15) is 39.1 Å². The average Bonchev–Trinajstić information content (AvgIpc) is 1.31. The highest BCUT2D eigenvalue weighted by molar-refractivity contribution is 6.22. The van der Waals surface area contributed by atoms with Gasteiger partial charge in [0.15, 0.2) is 0 Å². The Morgan fingerprint density at radius 1 is 0.143 bits per heavy atom. The van der Waals surface area contributed by atoms with Gasteiger partial charge in [-0.25, -0.2) is 14.4 Å². The number of hydrogen-bond donors (Lipinski definition) is 0. The molecule has 0 aliphatic heterocycles. The highest BCUT2D eigenvalue weighted by Gasteiger charge is 2.22. The van der Waals surface area contributed by atoms with E-state index in [0.29, 0.717) is 32.9 Å². The van der Waals surface area contributed by atoms with Gasteiger partial charge in [0.25, 0.3) is 0 Å². The molecule has 8 nitrogen and oxygen atoms in total. The van der Waals surface area contributed by atoms with Crippen LogP contribution in [0, 0.1) is 0 Å². The molecule has 24 rings (SSSR count). The highest BCUT2D eigenvalue weighted by Crippen LogP contribution is 2.47. The lowest BCUT2D eigenvalue weighted by Gasteiger charge is -2.18. The minimum Gasteiger partial charge on any atom is -0.455 e. The molecule has 24 aromatic rings. The Kier molecular flexibility index (Phi) is 16.9. The minimum atomic E-state index is -0.360. The van der Waals surface area contributed by atoms with Gasteiger partial charge < -0.3 is 22.1 Å². The molecule has 0 aliphatic rings. The van der Waals surface area contributed by atoms with E-state index in [1.165, 1.54) is 49.0 Å². The summed E-state index contributed by atoms with van der Waals surface area (Å²) in [7, 11) is 0. The van der Waals surface area contributed by atoms with Crippen molar-refractivity contribution in [1.82, 2.24) is 0 Å². The topological polar surface area (TPSA) is 117 Å². The fourth-order valence-electron chi connectivity index (χ4n) is 17.7. The third kappa shape index (κ3) is 12.3. The maximum Gasteiger partial charge on any atom is 0.344 e. The molecule has 0 fully saturated rings. The first-order valence-corrected chi connectivity index (χ1v) is 39.7. The molecule has 5 heterocycles. The van der Waals surface area contributed by atoms with Crippen molar-refractivity contribution in [1.29, 1.82) is 0 Å². The van der Waals surface area contributed by atoms with Crippen LogP contribution in [-0.4, -0.2) is 0 Å². The first-order valence-electron chi connectivity index (χ1n) is 39.7. The van der Waals surface area contributed by atoms with Gasteiger partial charge in [-0.1, -0.05) is 322 Å². The highest BCUT2D eigenvalue weighted by atomic mass is 16.4. The van der Waals surface area contributed by atoms with Gasteiger partial charge in [0.2, 0.25) is 0 Å². The molecular weight excluding hydrogens is 1460 g/mol. The number of hydrogen-bond acceptors (Lipinski definition) is 8. The molecule has 19 aromatic carbocycles. The van der Waals surface area contributed by atoms with Crippen molar-refractivity contribution in [3.8, 4) is 89.0 Å². The van der Waals surface area contributed by atoms with E-state index in [2.05, 4.69) is 231 Å². The monoisotopic (exact) mass is 1530 g/mol. The zero-order valence-electron chi connectivity index (χ0n) is 63.9. The summed E-state index contributed by atoms with van der Waals surface area (Å²) in [5.41, 5.74) is 21.3. The first-order chi connectivity index (χ1) is 58.7. The van der Waals surface area contributed by atoms with Crippen LogP contribution in [0.4, 0.5) is 0 Å². The predicted molar refractivity (Wildman–Crippen MR) is 491 cm³/mol. The molecule has 0 atom stereocenters. The summed E-state index contributed by atoms with van der Waals surface area (Å²) in [4.78, 5) is 39.0. The molecule has 0 aliphatic carbocycles. The molecule has 0 N–H and O–H groups in total. The lowest BCUT2D eigenvalue weighted by Crippen LogP contribution is -2.00. The standard InChI is InChI=1S/C43H26O3.C43H26O2.C25H14O3/c44-43-39-25-30(34-15-9-16-38-36-14-7-8-17-40(36)45-42(34)38)19-20-35(39)37-21-18-29(26-41(37)46-43)33-23-31(27-10-3-1-4-11-27)22-32(24-33)28-12-5-2-6-13-28;44-43-39-26-31(23-24-33(39)34-11-7-8-16-40(34)45-43)28-17-20-29(21-18-28)41-35-12-3-5-14-37(35)42(38-15-6-4-13-36(38)41)32-22-19-27-9-1-2-10-30(27)25-32;26-25-21-14-15(12-13-17(21)18-6-1-4-11-23(18)28-25)16-8-5-9-20-19-7-2-3-10-22(19)27-24(16)20/h1-26H;1-26H;1-14H. The van der Waals surface area contributed by atoms with E-state index < -0.39 is 0 Å². The van der Waals surface area contributed by atoms with Crippen molar-refractivity contribution in [3.05, 3.63) is 432 Å².